The maximum Gasteiger partial charge on any atom is 0.305 e. The molecule has 0 saturated heterocycles. The van der Waals surface area contributed by atoms with E-state index in [0.29, 0.717) is 55.4 Å². The van der Waals surface area contributed by atoms with Gasteiger partial charge in [0.25, 0.3) is 11.9 Å². The van der Waals surface area contributed by atoms with Gasteiger partial charge < -0.3 is 14.6 Å². The number of thiazole rings is 1. The summed E-state index contributed by atoms with van der Waals surface area (Å²) in [6.45, 7) is 0.0506. The number of rotatable bonds is 10. The van der Waals surface area contributed by atoms with E-state index in [-0.39, 0.29) is 31.8 Å². The van der Waals surface area contributed by atoms with Gasteiger partial charge in [-0.15, -0.1) is 11.3 Å². The minimum absolute atomic E-state index is 0.0878. The summed E-state index contributed by atoms with van der Waals surface area (Å²) >= 11 is 15.1. The SMILES string of the molecule is Cn1nnnc1-n1c(OCc2nc3ccc(-c4ccc5c(nc(OCc6cccc(CO)n6)n5-c5nnnn5C)c4Cl)cc3s2)nc2c(Cl)cccc21. The van der Waals surface area contributed by atoms with Crippen LogP contribution in [0, 0.1) is 0 Å². The van der Waals surface area contributed by atoms with Crippen LogP contribution in [0.2, 0.25) is 10.0 Å². The summed E-state index contributed by atoms with van der Waals surface area (Å²) < 4.78 is 19.8. The number of aliphatic hydroxyl groups is 1. The Morgan fingerprint density at radius 1 is 0.717 bits per heavy atom. The molecular formula is C33H24Cl2N14O3S. The molecule has 0 aliphatic carbocycles. The van der Waals surface area contributed by atoms with E-state index in [1.54, 1.807) is 47.5 Å². The van der Waals surface area contributed by atoms with Crippen molar-refractivity contribution in [1.29, 1.82) is 0 Å². The summed E-state index contributed by atoms with van der Waals surface area (Å²) in [5.74, 6) is 0.810. The molecule has 0 unspecified atom stereocenters. The predicted molar refractivity (Wildman–Crippen MR) is 194 cm³/mol. The fourth-order valence-corrected chi connectivity index (χ4v) is 7.37. The van der Waals surface area contributed by atoms with Crippen molar-refractivity contribution in [3.05, 3.63) is 93.2 Å². The number of para-hydroxylation sites is 1. The van der Waals surface area contributed by atoms with Crippen molar-refractivity contribution in [1.82, 2.24) is 69.5 Å². The highest BCUT2D eigenvalue weighted by Gasteiger charge is 2.23. The summed E-state index contributed by atoms with van der Waals surface area (Å²) in [4.78, 5) is 18.7. The van der Waals surface area contributed by atoms with Crippen molar-refractivity contribution in [2.24, 2.45) is 14.1 Å². The Morgan fingerprint density at radius 3 is 2.11 bits per heavy atom. The van der Waals surface area contributed by atoms with Crippen molar-refractivity contribution in [3.8, 4) is 35.0 Å². The van der Waals surface area contributed by atoms with Crippen LogP contribution in [0.25, 0.3) is 55.3 Å². The largest absolute Gasteiger partial charge is 0.458 e. The molecule has 0 radical (unpaired) electrons. The first kappa shape index (κ1) is 32.8. The molecule has 1 N–H and O–H groups in total. The van der Waals surface area contributed by atoms with Gasteiger partial charge in [-0.2, -0.15) is 9.97 Å². The highest BCUT2D eigenvalue weighted by molar-refractivity contribution is 7.18. The Balaban J connectivity index is 1.03. The standard InChI is InChI=1S/C33H24Cl2N14O3S/c1-46-30(40-42-44-46)48-23-8-4-7-21(34)28(23)38-32(48)52-16-26-37-22-11-9-17(13-25(22)53-26)20-10-12-24-29(27(20)35)39-33(49(24)31-41-43-45-47(31)2)51-15-19-6-3-5-18(14-50)36-19/h3-13,50H,14-16H2,1-2H3. The van der Waals surface area contributed by atoms with Crippen LogP contribution in [0.1, 0.15) is 16.4 Å². The summed E-state index contributed by atoms with van der Waals surface area (Å²) in [6, 6.07) is 21.1. The van der Waals surface area contributed by atoms with Crippen LogP contribution >= 0.6 is 34.5 Å². The molecule has 0 atom stereocenters. The summed E-state index contributed by atoms with van der Waals surface area (Å²) in [5.41, 5.74) is 6.00. The number of tetrazole rings is 2. The first-order valence-corrected chi connectivity index (χ1v) is 17.5. The Morgan fingerprint density at radius 2 is 1.40 bits per heavy atom. The molecule has 9 aromatic rings. The minimum atomic E-state index is -0.181. The van der Waals surface area contributed by atoms with E-state index in [4.69, 9.17) is 42.6 Å². The Labute approximate surface area is 312 Å². The van der Waals surface area contributed by atoms with Gasteiger partial charge in [0.1, 0.15) is 29.3 Å². The molecule has 17 nitrogen and oxygen atoms in total. The van der Waals surface area contributed by atoms with Crippen LogP contribution < -0.4 is 9.47 Å². The van der Waals surface area contributed by atoms with Crippen LogP contribution in [-0.2, 0) is 33.9 Å². The molecule has 264 valence electrons. The summed E-state index contributed by atoms with van der Waals surface area (Å²) in [7, 11) is 3.45. The van der Waals surface area contributed by atoms with E-state index in [2.05, 4.69) is 41.0 Å². The van der Waals surface area contributed by atoms with Gasteiger partial charge in [-0.25, -0.2) is 23.5 Å². The number of ether oxygens (including phenoxy) is 2. The fraction of sp³-hybridized carbons (Fsp3) is 0.152. The molecule has 0 saturated carbocycles. The summed E-state index contributed by atoms with van der Waals surface area (Å²) in [6.07, 6.45) is 0. The molecule has 3 aromatic carbocycles. The average Bonchev–Trinajstić information content (AvgIpc) is 4.00. The lowest BCUT2D eigenvalue weighted by atomic mass is 10.0. The van der Waals surface area contributed by atoms with Gasteiger partial charge in [0, 0.05) is 19.7 Å². The molecule has 20 heteroatoms. The number of halogens is 2. The molecule has 0 bridgehead atoms. The van der Waals surface area contributed by atoms with Crippen molar-refractivity contribution in [2.45, 2.75) is 19.8 Å². The van der Waals surface area contributed by atoms with E-state index < -0.39 is 0 Å². The first-order chi connectivity index (χ1) is 25.9. The zero-order valence-electron chi connectivity index (χ0n) is 27.7. The molecular weight excluding hydrogens is 743 g/mol. The van der Waals surface area contributed by atoms with Crippen molar-refractivity contribution in [3.63, 3.8) is 0 Å². The number of hydrogen-bond donors (Lipinski definition) is 1. The van der Waals surface area contributed by atoms with Crippen LogP contribution in [-0.4, -0.2) is 74.6 Å². The van der Waals surface area contributed by atoms with E-state index >= 15 is 0 Å². The fourth-order valence-electron chi connectivity index (χ4n) is 5.93. The third-order valence-corrected chi connectivity index (χ3v) is 10.1. The molecule has 6 aromatic heterocycles. The highest BCUT2D eigenvalue weighted by atomic mass is 35.5. The third-order valence-electron chi connectivity index (χ3n) is 8.38. The maximum atomic E-state index is 9.52. The van der Waals surface area contributed by atoms with Crippen LogP contribution in [0.5, 0.6) is 12.0 Å². The Hall–Kier alpha value is -6.08. The lowest BCUT2D eigenvalue weighted by Crippen LogP contribution is -2.09. The zero-order chi connectivity index (χ0) is 36.2. The molecule has 6 heterocycles. The van der Waals surface area contributed by atoms with Crippen LogP contribution in [0.15, 0.2) is 66.7 Å². The number of fused-ring (bicyclic) bond motifs is 3. The zero-order valence-corrected chi connectivity index (χ0v) is 30.0. The number of hydrogen-bond acceptors (Lipinski definition) is 14. The van der Waals surface area contributed by atoms with Gasteiger partial charge in [0.15, 0.2) is 0 Å². The Bertz CT molecular complexity index is 2820. The summed E-state index contributed by atoms with van der Waals surface area (Å²) in [5, 5.41) is 35.0. The highest BCUT2D eigenvalue weighted by Crippen LogP contribution is 2.39. The topological polar surface area (TPSA) is 187 Å². The quantitative estimate of drug-likeness (QED) is 0.195. The van der Waals surface area contributed by atoms with E-state index in [1.165, 1.54) is 20.7 Å². The number of benzene rings is 3. The molecule has 0 aliphatic rings. The van der Waals surface area contributed by atoms with E-state index in [1.807, 2.05) is 42.5 Å². The molecule has 0 aliphatic heterocycles. The molecule has 0 amide bonds. The van der Waals surface area contributed by atoms with Crippen LogP contribution in [0.4, 0.5) is 0 Å². The third kappa shape index (κ3) is 5.77. The number of nitrogens with zero attached hydrogens (tertiary/aromatic N) is 14. The Kier molecular flexibility index (Phi) is 8.14. The monoisotopic (exact) mass is 766 g/mol. The molecule has 0 spiro atoms. The lowest BCUT2D eigenvalue weighted by molar-refractivity contribution is 0.264. The normalized spacial score (nSPS) is 11.7. The number of aryl methyl sites for hydroxylation is 2. The second-order valence-corrected chi connectivity index (χ2v) is 13.6. The average molecular weight is 768 g/mol. The van der Waals surface area contributed by atoms with E-state index in [0.717, 1.165) is 26.4 Å². The van der Waals surface area contributed by atoms with Gasteiger partial charge in [-0.3, -0.25) is 4.98 Å². The van der Waals surface area contributed by atoms with Gasteiger partial charge in [0.05, 0.1) is 49.3 Å². The van der Waals surface area contributed by atoms with Gasteiger partial charge in [-0.1, -0.05) is 57.7 Å². The van der Waals surface area contributed by atoms with Gasteiger partial charge in [-0.05, 0) is 68.9 Å². The lowest BCUT2D eigenvalue weighted by Gasteiger charge is -2.09. The molecule has 53 heavy (non-hydrogen) atoms. The van der Waals surface area contributed by atoms with Crippen LogP contribution in [0.3, 0.4) is 0 Å². The maximum absolute atomic E-state index is 9.52. The number of pyridine rings is 1. The number of aromatic nitrogens is 14. The number of imidazole rings is 2. The van der Waals surface area contributed by atoms with Crippen molar-refractivity contribution in [2.75, 3.05) is 0 Å². The van der Waals surface area contributed by atoms with Gasteiger partial charge >= 0.3 is 12.0 Å². The van der Waals surface area contributed by atoms with Crippen molar-refractivity contribution < 1.29 is 14.6 Å². The molecule has 0 fully saturated rings. The smallest absolute Gasteiger partial charge is 0.305 e. The second kappa shape index (κ2) is 13.2. The van der Waals surface area contributed by atoms with E-state index in [9.17, 15) is 5.11 Å². The molecule has 9 rings (SSSR count). The first-order valence-electron chi connectivity index (χ1n) is 15.9. The predicted octanol–water partition coefficient (Wildman–Crippen LogP) is 5.04. The van der Waals surface area contributed by atoms with Crippen molar-refractivity contribution >= 4 is 66.8 Å². The second-order valence-electron chi connectivity index (χ2n) is 11.7. The number of aliphatic hydroxyl groups excluding tert-OH is 1. The minimum Gasteiger partial charge on any atom is -0.458 e. The van der Waals surface area contributed by atoms with Gasteiger partial charge in [0.2, 0.25) is 0 Å².